The van der Waals surface area contributed by atoms with Crippen LogP contribution in [0, 0.1) is 20.8 Å². The first-order valence-electron chi connectivity index (χ1n) is 5.90. The predicted molar refractivity (Wildman–Crippen MR) is 71.7 cm³/mol. The van der Waals surface area contributed by atoms with Crippen molar-refractivity contribution >= 4 is 5.69 Å². The van der Waals surface area contributed by atoms with Gasteiger partial charge in [0.05, 0.1) is 17.9 Å². The predicted octanol–water partition coefficient (Wildman–Crippen LogP) is 2.72. The number of rotatable bonds is 3. The molecule has 0 unspecified atom stereocenters. The smallest absolute Gasteiger partial charge is 0.138 e. The third-order valence-electron chi connectivity index (χ3n) is 2.76. The van der Waals surface area contributed by atoms with Gasteiger partial charge in [-0.25, -0.2) is 0 Å². The SMILES string of the molecule is Cc1ccc(NCc2nc(C)ccc2O)c(C)n1. The van der Waals surface area contributed by atoms with Crippen LogP contribution in [0.25, 0.3) is 0 Å². The number of hydrogen-bond acceptors (Lipinski definition) is 4. The van der Waals surface area contributed by atoms with Crippen molar-refractivity contribution < 1.29 is 5.11 Å². The molecule has 0 aliphatic heterocycles. The minimum atomic E-state index is 0.214. The monoisotopic (exact) mass is 243 g/mol. The molecule has 0 saturated heterocycles. The number of pyridine rings is 2. The Kier molecular flexibility index (Phi) is 3.46. The molecular formula is C14H17N3O. The third kappa shape index (κ3) is 2.77. The van der Waals surface area contributed by atoms with Crippen LogP contribution in [0.5, 0.6) is 5.75 Å². The van der Waals surface area contributed by atoms with Crippen LogP contribution in [0.15, 0.2) is 24.3 Å². The van der Waals surface area contributed by atoms with E-state index >= 15 is 0 Å². The van der Waals surface area contributed by atoms with E-state index in [1.54, 1.807) is 12.1 Å². The highest BCUT2D eigenvalue weighted by Crippen LogP contribution is 2.18. The molecule has 0 spiro atoms. The van der Waals surface area contributed by atoms with Gasteiger partial charge in [0.15, 0.2) is 0 Å². The number of aromatic hydroxyl groups is 1. The maximum absolute atomic E-state index is 9.71. The molecule has 2 aromatic heterocycles. The normalized spacial score (nSPS) is 10.4. The molecule has 18 heavy (non-hydrogen) atoms. The summed E-state index contributed by atoms with van der Waals surface area (Å²) in [4.78, 5) is 8.68. The minimum absolute atomic E-state index is 0.214. The third-order valence-corrected chi connectivity index (χ3v) is 2.76. The van der Waals surface area contributed by atoms with Crippen LogP contribution in [0.2, 0.25) is 0 Å². The topological polar surface area (TPSA) is 58.0 Å². The number of nitrogens with one attached hydrogen (secondary N) is 1. The van der Waals surface area contributed by atoms with Gasteiger partial charge in [0, 0.05) is 11.4 Å². The molecule has 0 fully saturated rings. The average molecular weight is 243 g/mol. The van der Waals surface area contributed by atoms with Gasteiger partial charge in [0.25, 0.3) is 0 Å². The Bertz CT molecular complexity index is 567. The Morgan fingerprint density at radius 1 is 1.00 bits per heavy atom. The van der Waals surface area contributed by atoms with Crippen LogP contribution in [-0.4, -0.2) is 15.1 Å². The zero-order chi connectivity index (χ0) is 13.1. The molecule has 0 atom stereocenters. The zero-order valence-electron chi connectivity index (χ0n) is 10.9. The van der Waals surface area contributed by atoms with E-state index in [0.717, 1.165) is 22.8 Å². The second-order valence-corrected chi connectivity index (χ2v) is 4.36. The lowest BCUT2D eigenvalue weighted by Gasteiger charge is -2.10. The molecule has 0 amide bonds. The largest absolute Gasteiger partial charge is 0.506 e. The highest BCUT2D eigenvalue weighted by Gasteiger charge is 2.04. The summed E-state index contributed by atoms with van der Waals surface area (Å²) in [5.41, 5.74) is 4.44. The molecule has 0 saturated carbocycles. The van der Waals surface area contributed by atoms with Gasteiger partial charge < -0.3 is 10.4 Å². The van der Waals surface area contributed by atoms with Crippen molar-refractivity contribution in [3.63, 3.8) is 0 Å². The molecule has 2 aromatic rings. The van der Waals surface area contributed by atoms with Crippen molar-refractivity contribution in [2.45, 2.75) is 27.3 Å². The van der Waals surface area contributed by atoms with E-state index in [4.69, 9.17) is 0 Å². The highest BCUT2D eigenvalue weighted by atomic mass is 16.3. The second kappa shape index (κ2) is 5.04. The van der Waals surface area contributed by atoms with E-state index in [1.165, 1.54) is 0 Å². The first-order valence-corrected chi connectivity index (χ1v) is 5.90. The van der Waals surface area contributed by atoms with E-state index in [2.05, 4.69) is 15.3 Å². The summed E-state index contributed by atoms with van der Waals surface area (Å²) < 4.78 is 0. The molecule has 0 aromatic carbocycles. The van der Waals surface area contributed by atoms with Crippen LogP contribution >= 0.6 is 0 Å². The van der Waals surface area contributed by atoms with E-state index in [1.807, 2.05) is 32.9 Å². The van der Waals surface area contributed by atoms with E-state index in [0.29, 0.717) is 12.2 Å². The Balaban J connectivity index is 2.13. The van der Waals surface area contributed by atoms with Gasteiger partial charge in [0.1, 0.15) is 11.4 Å². The van der Waals surface area contributed by atoms with Crippen LogP contribution in [-0.2, 0) is 6.54 Å². The van der Waals surface area contributed by atoms with Gasteiger partial charge in [-0.15, -0.1) is 0 Å². The molecule has 2 rings (SSSR count). The number of nitrogens with zero attached hydrogens (tertiary/aromatic N) is 2. The summed E-state index contributed by atoms with van der Waals surface area (Å²) in [6.45, 7) is 6.31. The van der Waals surface area contributed by atoms with E-state index < -0.39 is 0 Å². The van der Waals surface area contributed by atoms with Gasteiger partial charge in [-0.3, -0.25) is 9.97 Å². The summed E-state index contributed by atoms with van der Waals surface area (Å²) in [5.74, 6) is 0.214. The van der Waals surface area contributed by atoms with E-state index in [-0.39, 0.29) is 5.75 Å². The Hall–Kier alpha value is -2.10. The quantitative estimate of drug-likeness (QED) is 0.870. The van der Waals surface area contributed by atoms with Crippen molar-refractivity contribution in [3.05, 3.63) is 47.0 Å². The number of hydrogen-bond donors (Lipinski definition) is 2. The molecule has 0 aliphatic rings. The van der Waals surface area contributed by atoms with E-state index in [9.17, 15) is 5.11 Å². The zero-order valence-corrected chi connectivity index (χ0v) is 10.9. The van der Waals surface area contributed by atoms with Crippen molar-refractivity contribution in [2.75, 3.05) is 5.32 Å². The lowest BCUT2D eigenvalue weighted by Crippen LogP contribution is -2.05. The summed E-state index contributed by atoms with van der Waals surface area (Å²) in [6, 6.07) is 7.40. The van der Waals surface area contributed by atoms with Crippen molar-refractivity contribution in [2.24, 2.45) is 0 Å². The lowest BCUT2D eigenvalue weighted by atomic mass is 10.2. The molecule has 2 heterocycles. The van der Waals surface area contributed by atoms with Crippen molar-refractivity contribution in [1.29, 1.82) is 0 Å². The lowest BCUT2D eigenvalue weighted by molar-refractivity contribution is 0.464. The molecule has 4 heteroatoms. The fourth-order valence-corrected chi connectivity index (χ4v) is 1.79. The van der Waals surface area contributed by atoms with Gasteiger partial charge in [-0.2, -0.15) is 0 Å². The molecular weight excluding hydrogens is 226 g/mol. The van der Waals surface area contributed by atoms with Crippen molar-refractivity contribution in [1.82, 2.24) is 9.97 Å². The fourth-order valence-electron chi connectivity index (χ4n) is 1.79. The molecule has 0 bridgehead atoms. The van der Waals surface area contributed by atoms with Gasteiger partial charge in [-0.05, 0) is 45.0 Å². The Morgan fingerprint density at radius 2 is 1.67 bits per heavy atom. The number of aryl methyl sites for hydroxylation is 3. The van der Waals surface area contributed by atoms with Crippen molar-refractivity contribution in [3.8, 4) is 5.75 Å². The standard InChI is InChI=1S/C14H17N3O/c1-9-4-6-12(11(3)16-9)15-8-13-14(18)7-5-10(2)17-13/h4-7,15,18H,8H2,1-3H3. The van der Waals surface area contributed by atoms with Crippen LogP contribution < -0.4 is 5.32 Å². The maximum atomic E-state index is 9.71. The Morgan fingerprint density at radius 3 is 2.39 bits per heavy atom. The maximum Gasteiger partial charge on any atom is 0.138 e. The number of aromatic nitrogens is 2. The highest BCUT2D eigenvalue weighted by molar-refractivity contribution is 5.48. The van der Waals surface area contributed by atoms with Gasteiger partial charge in [-0.1, -0.05) is 0 Å². The molecule has 0 radical (unpaired) electrons. The molecule has 4 nitrogen and oxygen atoms in total. The van der Waals surface area contributed by atoms with Gasteiger partial charge in [0.2, 0.25) is 0 Å². The summed E-state index contributed by atoms with van der Waals surface area (Å²) >= 11 is 0. The molecule has 94 valence electrons. The summed E-state index contributed by atoms with van der Waals surface area (Å²) in [7, 11) is 0. The van der Waals surface area contributed by atoms with Crippen LogP contribution in [0.4, 0.5) is 5.69 Å². The first-order chi connectivity index (χ1) is 8.56. The summed E-state index contributed by atoms with van der Waals surface area (Å²) in [5, 5.41) is 12.9. The minimum Gasteiger partial charge on any atom is -0.506 e. The van der Waals surface area contributed by atoms with Crippen LogP contribution in [0.3, 0.4) is 0 Å². The number of anilines is 1. The fraction of sp³-hybridized carbons (Fsp3) is 0.286. The molecule has 2 N–H and O–H groups in total. The van der Waals surface area contributed by atoms with Gasteiger partial charge >= 0.3 is 0 Å². The second-order valence-electron chi connectivity index (χ2n) is 4.36. The summed E-state index contributed by atoms with van der Waals surface area (Å²) in [6.07, 6.45) is 0. The Labute approximate surface area is 107 Å². The average Bonchev–Trinajstić information content (AvgIpc) is 2.32. The molecule has 0 aliphatic carbocycles. The van der Waals surface area contributed by atoms with Crippen LogP contribution in [0.1, 0.15) is 22.8 Å². The first kappa shape index (κ1) is 12.4.